The molecule has 0 radical (unpaired) electrons. The number of benzene rings is 1. The zero-order valence-corrected chi connectivity index (χ0v) is 12.4. The minimum absolute atomic E-state index is 0.00905. The molecule has 0 aromatic heterocycles. The van der Waals surface area contributed by atoms with Gasteiger partial charge in [0.05, 0.1) is 5.75 Å². The van der Waals surface area contributed by atoms with Gasteiger partial charge in [0, 0.05) is 11.4 Å². The molecule has 0 saturated carbocycles. The van der Waals surface area contributed by atoms with E-state index >= 15 is 0 Å². The average molecular weight is 332 g/mol. The second-order valence-corrected chi connectivity index (χ2v) is 5.93. The van der Waals surface area contributed by atoms with Crippen molar-refractivity contribution in [3.63, 3.8) is 0 Å². The highest BCUT2D eigenvalue weighted by molar-refractivity contribution is 8.00. The van der Waals surface area contributed by atoms with Crippen LogP contribution in [0.4, 0.5) is 13.2 Å². The summed E-state index contributed by atoms with van der Waals surface area (Å²) in [6.45, 7) is -1.26. The van der Waals surface area contributed by atoms with E-state index in [0.717, 1.165) is 9.80 Å². The van der Waals surface area contributed by atoms with Crippen LogP contribution in [0.3, 0.4) is 0 Å². The van der Waals surface area contributed by atoms with E-state index in [1.54, 1.807) is 0 Å². The molecule has 1 aromatic rings. The number of halogens is 3. The summed E-state index contributed by atoms with van der Waals surface area (Å²) in [6.07, 6.45) is -4.21. The van der Waals surface area contributed by atoms with Crippen LogP contribution in [0.1, 0.15) is 6.42 Å². The summed E-state index contributed by atoms with van der Waals surface area (Å²) in [7, 11) is 0. The van der Waals surface area contributed by atoms with Crippen molar-refractivity contribution in [2.75, 3.05) is 18.8 Å². The number of rotatable bonds is 5. The molecule has 1 atom stereocenters. The SMILES string of the molecule is O=C(CSc1ccccc1)N[C@H]1CCN(CC(F)(F)F)C1=O. The second-order valence-electron chi connectivity index (χ2n) is 4.89. The molecule has 1 aliphatic rings. The van der Waals surface area contributed by atoms with Crippen molar-refractivity contribution in [2.45, 2.75) is 23.5 Å². The zero-order chi connectivity index (χ0) is 16.2. The van der Waals surface area contributed by atoms with Crippen molar-refractivity contribution >= 4 is 23.6 Å². The Hall–Kier alpha value is -1.70. The Kier molecular flexibility index (Phi) is 5.33. The van der Waals surface area contributed by atoms with Crippen molar-refractivity contribution in [1.82, 2.24) is 10.2 Å². The fourth-order valence-corrected chi connectivity index (χ4v) is 2.88. The summed E-state index contributed by atoms with van der Waals surface area (Å²) >= 11 is 1.31. The van der Waals surface area contributed by atoms with Crippen LogP contribution in [0.25, 0.3) is 0 Å². The largest absolute Gasteiger partial charge is 0.406 e. The Morgan fingerprint density at radius 1 is 1.32 bits per heavy atom. The fourth-order valence-electron chi connectivity index (χ4n) is 2.15. The molecule has 1 aliphatic heterocycles. The van der Waals surface area contributed by atoms with Crippen LogP contribution in [-0.2, 0) is 9.59 Å². The van der Waals surface area contributed by atoms with E-state index in [9.17, 15) is 22.8 Å². The first kappa shape index (κ1) is 16.7. The van der Waals surface area contributed by atoms with Gasteiger partial charge in [0.25, 0.3) is 0 Å². The third kappa shape index (κ3) is 4.94. The standard InChI is InChI=1S/C14H15F3N2O2S/c15-14(16,17)9-19-7-6-11(13(19)21)18-12(20)8-22-10-4-2-1-3-5-10/h1-5,11H,6-9H2,(H,18,20)/t11-/m0/s1. The van der Waals surface area contributed by atoms with Crippen LogP contribution in [0.15, 0.2) is 35.2 Å². The van der Waals surface area contributed by atoms with Gasteiger partial charge in [-0.05, 0) is 18.6 Å². The lowest BCUT2D eigenvalue weighted by Gasteiger charge is -2.18. The molecular formula is C14H15F3N2O2S. The molecule has 0 unspecified atom stereocenters. The van der Waals surface area contributed by atoms with Gasteiger partial charge in [-0.1, -0.05) is 18.2 Å². The third-order valence-electron chi connectivity index (χ3n) is 3.12. The third-order valence-corrected chi connectivity index (χ3v) is 4.13. The van der Waals surface area contributed by atoms with Gasteiger partial charge in [0.15, 0.2) is 0 Å². The van der Waals surface area contributed by atoms with Gasteiger partial charge in [0.1, 0.15) is 12.6 Å². The van der Waals surface area contributed by atoms with Crippen LogP contribution >= 0.6 is 11.8 Å². The molecule has 0 aliphatic carbocycles. The Morgan fingerprint density at radius 3 is 2.64 bits per heavy atom. The number of amides is 2. The van der Waals surface area contributed by atoms with Crippen LogP contribution < -0.4 is 5.32 Å². The van der Waals surface area contributed by atoms with Crippen LogP contribution in [0, 0.1) is 0 Å². The minimum atomic E-state index is -4.42. The van der Waals surface area contributed by atoms with Crippen molar-refractivity contribution in [3.8, 4) is 0 Å². The van der Waals surface area contributed by atoms with Gasteiger partial charge < -0.3 is 10.2 Å². The van der Waals surface area contributed by atoms with E-state index in [1.807, 2.05) is 30.3 Å². The van der Waals surface area contributed by atoms with E-state index in [4.69, 9.17) is 0 Å². The lowest BCUT2D eigenvalue weighted by Crippen LogP contribution is -2.44. The topological polar surface area (TPSA) is 49.4 Å². The molecule has 2 rings (SSSR count). The summed E-state index contributed by atoms with van der Waals surface area (Å²) in [5.41, 5.74) is 0. The normalized spacial score (nSPS) is 18.6. The van der Waals surface area contributed by atoms with Gasteiger partial charge in [-0.3, -0.25) is 9.59 Å². The van der Waals surface area contributed by atoms with Crippen molar-refractivity contribution in [3.05, 3.63) is 30.3 Å². The summed E-state index contributed by atoms with van der Waals surface area (Å²) < 4.78 is 36.9. The van der Waals surface area contributed by atoms with Crippen molar-refractivity contribution in [1.29, 1.82) is 0 Å². The monoisotopic (exact) mass is 332 g/mol. The maximum absolute atomic E-state index is 12.3. The predicted molar refractivity (Wildman–Crippen MR) is 76.3 cm³/mol. The molecule has 2 amide bonds. The molecule has 1 heterocycles. The van der Waals surface area contributed by atoms with E-state index in [2.05, 4.69) is 5.32 Å². The Labute approximate surface area is 130 Å². The minimum Gasteiger partial charge on any atom is -0.344 e. The molecule has 1 aromatic carbocycles. The maximum Gasteiger partial charge on any atom is 0.406 e. The van der Waals surface area contributed by atoms with E-state index < -0.39 is 24.7 Å². The molecule has 1 saturated heterocycles. The first-order valence-corrected chi connectivity index (χ1v) is 7.66. The Morgan fingerprint density at radius 2 is 2.00 bits per heavy atom. The maximum atomic E-state index is 12.3. The number of carbonyl (C=O) groups is 2. The summed E-state index contributed by atoms with van der Waals surface area (Å²) in [4.78, 5) is 25.2. The molecule has 0 spiro atoms. The highest BCUT2D eigenvalue weighted by Gasteiger charge is 2.39. The Balaban J connectivity index is 1.79. The highest BCUT2D eigenvalue weighted by Crippen LogP contribution is 2.21. The molecule has 120 valence electrons. The van der Waals surface area contributed by atoms with Gasteiger partial charge >= 0.3 is 6.18 Å². The molecule has 1 N–H and O–H groups in total. The number of nitrogens with one attached hydrogen (secondary N) is 1. The van der Waals surface area contributed by atoms with Crippen molar-refractivity contribution < 1.29 is 22.8 Å². The number of thioether (sulfide) groups is 1. The quantitative estimate of drug-likeness (QED) is 0.840. The predicted octanol–water partition coefficient (Wildman–Crippen LogP) is 2.06. The number of alkyl halides is 3. The van der Waals surface area contributed by atoms with E-state index in [0.29, 0.717) is 0 Å². The lowest BCUT2D eigenvalue weighted by atomic mass is 10.2. The summed E-state index contributed by atoms with van der Waals surface area (Å²) in [5, 5.41) is 2.50. The molecule has 4 nitrogen and oxygen atoms in total. The lowest BCUT2D eigenvalue weighted by molar-refractivity contribution is -0.158. The summed E-state index contributed by atoms with van der Waals surface area (Å²) in [5.74, 6) is -0.913. The highest BCUT2D eigenvalue weighted by atomic mass is 32.2. The van der Waals surface area contributed by atoms with Crippen LogP contribution in [0.2, 0.25) is 0 Å². The molecular weight excluding hydrogens is 317 g/mol. The first-order chi connectivity index (χ1) is 10.3. The fraction of sp³-hybridized carbons (Fsp3) is 0.429. The first-order valence-electron chi connectivity index (χ1n) is 6.68. The van der Waals surface area contributed by atoms with E-state index in [1.165, 1.54) is 11.8 Å². The number of likely N-dealkylation sites (tertiary alicyclic amines) is 1. The zero-order valence-electron chi connectivity index (χ0n) is 11.6. The second kappa shape index (κ2) is 7.04. The van der Waals surface area contributed by atoms with E-state index in [-0.39, 0.29) is 24.6 Å². The summed E-state index contributed by atoms with van der Waals surface area (Å²) in [6, 6.07) is 8.39. The van der Waals surface area contributed by atoms with Gasteiger partial charge in [-0.15, -0.1) is 11.8 Å². The smallest absolute Gasteiger partial charge is 0.344 e. The average Bonchev–Trinajstić information content (AvgIpc) is 2.77. The molecule has 1 fully saturated rings. The van der Waals surface area contributed by atoms with Crippen LogP contribution in [0.5, 0.6) is 0 Å². The number of hydrogen-bond donors (Lipinski definition) is 1. The molecule has 22 heavy (non-hydrogen) atoms. The van der Waals surface area contributed by atoms with Gasteiger partial charge in [-0.25, -0.2) is 0 Å². The number of carbonyl (C=O) groups excluding carboxylic acids is 2. The van der Waals surface area contributed by atoms with Gasteiger partial charge in [0.2, 0.25) is 11.8 Å². The number of nitrogens with zero attached hydrogens (tertiary/aromatic N) is 1. The van der Waals surface area contributed by atoms with Crippen LogP contribution in [-0.4, -0.2) is 47.8 Å². The number of hydrogen-bond acceptors (Lipinski definition) is 3. The van der Waals surface area contributed by atoms with Gasteiger partial charge in [-0.2, -0.15) is 13.2 Å². The molecule has 8 heteroatoms. The van der Waals surface area contributed by atoms with Crippen molar-refractivity contribution in [2.24, 2.45) is 0 Å². The molecule has 0 bridgehead atoms. The Bertz CT molecular complexity index is 537.